The van der Waals surface area contributed by atoms with Gasteiger partial charge in [0.15, 0.2) is 0 Å². The van der Waals surface area contributed by atoms with E-state index in [1.54, 1.807) is 6.92 Å². The van der Waals surface area contributed by atoms with Gasteiger partial charge in [0.2, 0.25) is 5.91 Å². The van der Waals surface area contributed by atoms with E-state index in [0.717, 1.165) is 4.90 Å². The molecule has 1 aromatic rings. The summed E-state index contributed by atoms with van der Waals surface area (Å²) in [5.41, 5.74) is 1.21. The number of carbonyl (C=O) groups is 1. The topological polar surface area (TPSA) is 49.3 Å². The van der Waals surface area contributed by atoms with Gasteiger partial charge in [0, 0.05) is 10.9 Å². The van der Waals surface area contributed by atoms with Gasteiger partial charge in [-0.1, -0.05) is 17.7 Å². The third-order valence-corrected chi connectivity index (χ3v) is 3.08. The molecule has 0 spiro atoms. The molecule has 0 heterocycles. The molecule has 0 aliphatic carbocycles. The van der Waals surface area contributed by atoms with Crippen molar-refractivity contribution in [1.29, 1.82) is 0 Å². The van der Waals surface area contributed by atoms with Crippen LogP contribution in [0.1, 0.15) is 12.5 Å². The molecule has 88 valence electrons. The standard InChI is InChI=1S/C12H17NO2S/c1-9-3-5-11(6-4-9)16-8-12(15)13-10(2)7-14/h3-6,10,14H,7-8H2,1-2H3,(H,13,15)/t10-/m0/s1. The van der Waals surface area contributed by atoms with Crippen LogP contribution < -0.4 is 5.32 Å². The Labute approximate surface area is 100 Å². The number of benzene rings is 1. The van der Waals surface area contributed by atoms with Crippen molar-refractivity contribution in [3.8, 4) is 0 Å². The summed E-state index contributed by atoms with van der Waals surface area (Å²) in [5.74, 6) is 0.333. The number of nitrogens with one attached hydrogen (secondary N) is 1. The van der Waals surface area contributed by atoms with Crippen molar-refractivity contribution in [3.63, 3.8) is 0 Å². The Kier molecular flexibility index (Phi) is 5.35. The lowest BCUT2D eigenvalue weighted by Crippen LogP contribution is -2.36. The summed E-state index contributed by atoms with van der Waals surface area (Å²) in [6, 6.07) is 7.88. The van der Waals surface area contributed by atoms with Gasteiger partial charge >= 0.3 is 0 Å². The fourth-order valence-electron chi connectivity index (χ4n) is 1.15. The molecule has 3 nitrogen and oxygen atoms in total. The summed E-state index contributed by atoms with van der Waals surface area (Å²) in [6.07, 6.45) is 0. The first-order valence-corrected chi connectivity index (χ1v) is 6.20. The third kappa shape index (κ3) is 4.68. The first-order valence-electron chi connectivity index (χ1n) is 5.21. The van der Waals surface area contributed by atoms with Gasteiger partial charge in [-0.15, -0.1) is 11.8 Å². The van der Waals surface area contributed by atoms with Crippen molar-refractivity contribution < 1.29 is 9.90 Å². The van der Waals surface area contributed by atoms with E-state index >= 15 is 0 Å². The molecule has 0 bridgehead atoms. The van der Waals surface area contributed by atoms with Crippen molar-refractivity contribution in [1.82, 2.24) is 5.32 Å². The Morgan fingerprint density at radius 1 is 1.44 bits per heavy atom. The lowest BCUT2D eigenvalue weighted by Gasteiger charge is -2.10. The van der Waals surface area contributed by atoms with Crippen molar-refractivity contribution in [3.05, 3.63) is 29.8 Å². The van der Waals surface area contributed by atoms with Crippen molar-refractivity contribution >= 4 is 17.7 Å². The molecule has 4 heteroatoms. The van der Waals surface area contributed by atoms with Crippen LogP contribution in [0.4, 0.5) is 0 Å². The smallest absolute Gasteiger partial charge is 0.230 e. The molecule has 0 saturated carbocycles. The number of thioether (sulfide) groups is 1. The summed E-state index contributed by atoms with van der Waals surface area (Å²) in [6.45, 7) is 3.78. The number of aryl methyl sites for hydroxylation is 1. The van der Waals surface area contributed by atoms with Gasteiger partial charge in [-0.25, -0.2) is 0 Å². The Morgan fingerprint density at radius 3 is 2.62 bits per heavy atom. The van der Waals surface area contributed by atoms with Gasteiger partial charge in [0.1, 0.15) is 0 Å². The quantitative estimate of drug-likeness (QED) is 0.767. The van der Waals surface area contributed by atoms with E-state index in [1.807, 2.05) is 31.2 Å². The maximum Gasteiger partial charge on any atom is 0.230 e. The number of aliphatic hydroxyl groups is 1. The monoisotopic (exact) mass is 239 g/mol. The zero-order valence-corrected chi connectivity index (χ0v) is 10.4. The second-order valence-corrected chi connectivity index (χ2v) is 4.80. The van der Waals surface area contributed by atoms with E-state index in [0.29, 0.717) is 5.75 Å². The molecule has 0 unspecified atom stereocenters. The molecule has 0 radical (unpaired) electrons. The normalized spacial score (nSPS) is 12.2. The Hall–Kier alpha value is -1.00. The summed E-state index contributed by atoms with van der Waals surface area (Å²) in [5, 5.41) is 11.5. The van der Waals surface area contributed by atoms with Crippen LogP contribution in [0.5, 0.6) is 0 Å². The van der Waals surface area contributed by atoms with E-state index in [-0.39, 0.29) is 18.6 Å². The molecule has 0 aromatic heterocycles. The van der Waals surface area contributed by atoms with Crippen LogP contribution in [0.15, 0.2) is 29.2 Å². The van der Waals surface area contributed by atoms with Crippen LogP contribution in [-0.2, 0) is 4.79 Å². The second-order valence-electron chi connectivity index (χ2n) is 3.75. The molecule has 0 saturated heterocycles. The van der Waals surface area contributed by atoms with Crippen molar-refractivity contribution in [2.75, 3.05) is 12.4 Å². The van der Waals surface area contributed by atoms with Crippen LogP contribution in [0.2, 0.25) is 0 Å². The molecular formula is C12H17NO2S. The summed E-state index contributed by atoms with van der Waals surface area (Å²) >= 11 is 1.50. The Morgan fingerprint density at radius 2 is 2.06 bits per heavy atom. The molecule has 1 rings (SSSR count). The predicted molar refractivity (Wildman–Crippen MR) is 66.6 cm³/mol. The van der Waals surface area contributed by atoms with Crippen LogP contribution in [0.3, 0.4) is 0 Å². The van der Waals surface area contributed by atoms with Crippen LogP contribution in [-0.4, -0.2) is 29.4 Å². The van der Waals surface area contributed by atoms with E-state index in [2.05, 4.69) is 5.32 Å². The van der Waals surface area contributed by atoms with Gasteiger partial charge in [-0.3, -0.25) is 4.79 Å². The van der Waals surface area contributed by atoms with Crippen molar-refractivity contribution in [2.45, 2.75) is 24.8 Å². The second kappa shape index (κ2) is 6.55. The zero-order valence-electron chi connectivity index (χ0n) is 9.56. The zero-order chi connectivity index (χ0) is 12.0. The first-order chi connectivity index (χ1) is 7.61. The lowest BCUT2D eigenvalue weighted by atomic mass is 10.2. The average molecular weight is 239 g/mol. The molecular weight excluding hydrogens is 222 g/mol. The summed E-state index contributed by atoms with van der Waals surface area (Å²) < 4.78 is 0. The van der Waals surface area contributed by atoms with E-state index in [1.165, 1.54) is 17.3 Å². The third-order valence-electron chi connectivity index (χ3n) is 2.07. The lowest BCUT2D eigenvalue weighted by molar-refractivity contribution is -0.119. The number of rotatable bonds is 5. The average Bonchev–Trinajstić information content (AvgIpc) is 2.28. The molecule has 0 fully saturated rings. The molecule has 1 atom stereocenters. The van der Waals surface area contributed by atoms with Crippen LogP contribution in [0.25, 0.3) is 0 Å². The fourth-order valence-corrected chi connectivity index (χ4v) is 1.86. The molecule has 0 aliphatic heterocycles. The molecule has 16 heavy (non-hydrogen) atoms. The predicted octanol–water partition coefficient (Wildman–Crippen LogP) is 1.58. The van der Waals surface area contributed by atoms with Gasteiger partial charge in [-0.05, 0) is 26.0 Å². The number of carbonyl (C=O) groups excluding carboxylic acids is 1. The number of hydrogen-bond donors (Lipinski definition) is 2. The highest BCUT2D eigenvalue weighted by Gasteiger charge is 2.06. The SMILES string of the molecule is Cc1ccc(SCC(=O)N[C@@H](C)CO)cc1. The van der Waals surface area contributed by atoms with E-state index in [4.69, 9.17) is 5.11 Å². The summed E-state index contributed by atoms with van der Waals surface area (Å²) in [4.78, 5) is 12.5. The minimum Gasteiger partial charge on any atom is -0.394 e. The Bertz CT molecular complexity index is 337. The minimum absolute atomic E-state index is 0.0268. The number of aliphatic hydroxyl groups excluding tert-OH is 1. The van der Waals surface area contributed by atoms with E-state index in [9.17, 15) is 4.79 Å². The Balaban J connectivity index is 2.34. The molecule has 1 amide bonds. The molecule has 1 aromatic carbocycles. The highest BCUT2D eigenvalue weighted by Crippen LogP contribution is 2.17. The van der Waals surface area contributed by atoms with Gasteiger partial charge in [0.05, 0.1) is 12.4 Å². The van der Waals surface area contributed by atoms with Gasteiger partial charge in [-0.2, -0.15) is 0 Å². The van der Waals surface area contributed by atoms with Crippen molar-refractivity contribution in [2.24, 2.45) is 0 Å². The largest absolute Gasteiger partial charge is 0.394 e. The van der Waals surface area contributed by atoms with Gasteiger partial charge in [0.25, 0.3) is 0 Å². The highest BCUT2D eigenvalue weighted by molar-refractivity contribution is 8.00. The fraction of sp³-hybridized carbons (Fsp3) is 0.417. The van der Waals surface area contributed by atoms with Gasteiger partial charge < -0.3 is 10.4 Å². The molecule has 0 aliphatic rings. The first kappa shape index (κ1) is 13.1. The van der Waals surface area contributed by atoms with Crippen LogP contribution >= 0.6 is 11.8 Å². The summed E-state index contributed by atoms with van der Waals surface area (Å²) in [7, 11) is 0. The highest BCUT2D eigenvalue weighted by atomic mass is 32.2. The maximum absolute atomic E-state index is 11.4. The number of hydrogen-bond acceptors (Lipinski definition) is 3. The maximum atomic E-state index is 11.4. The molecule has 2 N–H and O–H groups in total. The number of amides is 1. The minimum atomic E-state index is -0.175. The van der Waals surface area contributed by atoms with E-state index < -0.39 is 0 Å². The van der Waals surface area contributed by atoms with Crippen LogP contribution in [0, 0.1) is 6.92 Å².